The summed E-state index contributed by atoms with van der Waals surface area (Å²) in [6.07, 6.45) is 12.3. The molecule has 2 nitrogen and oxygen atoms in total. The number of nitrogens with one attached hydrogen (secondary N) is 1. The van der Waals surface area contributed by atoms with E-state index in [1.54, 1.807) is 0 Å². The molecule has 2 aromatic carbocycles. The zero-order valence-electron chi connectivity index (χ0n) is 15.3. The summed E-state index contributed by atoms with van der Waals surface area (Å²) in [6, 6.07) is 12.6. The van der Waals surface area contributed by atoms with Crippen LogP contribution in [-0.2, 0) is 0 Å². The Morgan fingerprint density at radius 2 is 1.48 bits per heavy atom. The summed E-state index contributed by atoms with van der Waals surface area (Å²) in [5.41, 5.74) is 5.19. The van der Waals surface area contributed by atoms with Gasteiger partial charge in [0.1, 0.15) is 0 Å². The molecular formula is C23H29NO. The molecule has 0 aromatic heterocycles. The largest absolute Gasteiger partial charge is 0.453 e. The molecule has 0 amide bonds. The molecule has 0 spiro atoms. The summed E-state index contributed by atoms with van der Waals surface area (Å²) in [5.74, 6) is 2.56. The van der Waals surface area contributed by atoms with Gasteiger partial charge in [0.2, 0.25) is 0 Å². The lowest BCUT2D eigenvalue weighted by atomic mass is 9.83. The van der Waals surface area contributed by atoms with Crippen LogP contribution in [0, 0.1) is 6.92 Å². The minimum absolute atomic E-state index is 0.648. The van der Waals surface area contributed by atoms with Gasteiger partial charge in [0.15, 0.2) is 11.5 Å². The quantitative estimate of drug-likeness (QED) is 0.498. The third-order valence-electron chi connectivity index (χ3n) is 5.81. The van der Waals surface area contributed by atoms with Gasteiger partial charge in [-0.15, -0.1) is 0 Å². The minimum Gasteiger partial charge on any atom is -0.453 e. The van der Waals surface area contributed by atoms with Crippen molar-refractivity contribution in [3.63, 3.8) is 0 Å². The van der Waals surface area contributed by atoms with Crippen LogP contribution in [0.5, 0.6) is 11.5 Å². The zero-order chi connectivity index (χ0) is 17.1. The Morgan fingerprint density at radius 1 is 0.800 bits per heavy atom. The van der Waals surface area contributed by atoms with Crippen molar-refractivity contribution in [2.24, 2.45) is 0 Å². The fraction of sp³-hybridized carbons (Fsp3) is 0.478. The summed E-state index contributed by atoms with van der Waals surface area (Å²) < 4.78 is 6.20. The van der Waals surface area contributed by atoms with Crippen molar-refractivity contribution >= 4 is 11.4 Å². The number of para-hydroxylation sites is 2. The SMILES string of the molecule is Cc1ccc2c(c1C1CCCCCCCCC1)Nc1ccccc1O2. The van der Waals surface area contributed by atoms with Crippen LogP contribution in [0.3, 0.4) is 0 Å². The Labute approximate surface area is 151 Å². The van der Waals surface area contributed by atoms with Crippen LogP contribution in [0.15, 0.2) is 36.4 Å². The molecule has 0 unspecified atom stereocenters. The maximum atomic E-state index is 6.20. The van der Waals surface area contributed by atoms with Crippen LogP contribution in [0.25, 0.3) is 0 Å². The molecule has 132 valence electrons. The summed E-state index contributed by atoms with van der Waals surface area (Å²) in [6.45, 7) is 2.26. The van der Waals surface area contributed by atoms with Crippen molar-refractivity contribution in [3.8, 4) is 11.5 Å². The predicted octanol–water partition coefficient (Wildman–Crippen LogP) is 7.45. The first-order valence-corrected chi connectivity index (χ1v) is 10.0. The average Bonchev–Trinajstić information content (AvgIpc) is 2.65. The summed E-state index contributed by atoms with van der Waals surface area (Å²) in [5, 5.41) is 3.69. The van der Waals surface area contributed by atoms with Crippen molar-refractivity contribution in [2.45, 2.75) is 70.6 Å². The molecule has 0 saturated heterocycles. The van der Waals surface area contributed by atoms with Crippen molar-refractivity contribution in [1.29, 1.82) is 0 Å². The zero-order valence-corrected chi connectivity index (χ0v) is 15.3. The average molecular weight is 335 g/mol. The van der Waals surface area contributed by atoms with Crippen LogP contribution in [-0.4, -0.2) is 0 Å². The maximum absolute atomic E-state index is 6.20. The van der Waals surface area contributed by atoms with Gasteiger partial charge in [-0.05, 0) is 55.0 Å². The monoisotopic (exact) mass is 335 g/mol. The van der Waals surface area contributed by atoms with Crippen LogP contribution in [0.4, 0.5) is 11.4 Å². The molecule has 1 heterocycles. The van der Waals surface area contributed by atoms with E-state index in [1.165, 1.54) is 74.6 Å². The second-order valence-corrected chi connectivity index (χ2v) is 7.64. The predicted molar refractivity (Wildman–Crippen MR) is 105 cm³/mol. The van der Waals surface area contributed by atoms with Crippen molar-refractivity contribution < 1.29 is 4.74 Å². The van der Waals surface area contributed by atoms with E-state index in [9.17, 15) is 0 Å². The van der Waals surface area contributed by atoms with Crippen LogP contribution < -0.4 is 10.1 Å². The van der Waals surface area contributed by atoms with Crippen LogP contribution >= 0.6 is 0 Å². The third kappa shape index (κ3) is 3.53. The normalized spacial score (nSPS) is 18.4. The highest BCUT2D eigenvalue weighted by Gasteiger charge is 2.25. The molecule has 2 aliphatic rings. The Balaban J connectivity index is 1.67. The van der Waals surface area contributed by atoms with Crippen molar-refractivity contribution in [1.82, 2.24) is 0 Å². The lowest BCUT2D eigenvalue weighted by molar-refractivity contribution is 0.456. The summed E-state index contributed by atoms with van der Waals surface area (Å²) in [4.78, 5) is 0. The Hall–Kier alpha value is -1.96. The molecule has 0 bridgehead atoms. The molecular weight excluding hydrogens is 306 g/mol. The Bertz CT molecular complexity index is 727. The number of benzene rings is 2. The second kappa shape index (κ2) is 7.51. The maximum Gasteiger partial charge on any atom is 0.151 e. The summed E-state index contributed by atoms with van der Waals surface area (Å²) >= 11 is 0. The lowest BCUT2D eigenvalue weighted by Gasteiger charge is -2.29. The van der Waals surface area contributed by atoms with E-state index in [-0.39, 0.29) is 0 Å². The van der Waals surface area contributed by atoms with E-state index in [4.69, 9.17) is 4.74 Å². The highest BCUT2D eigenvalue weighted by molar-refractivity contribution is 5.79. The Morgan fingerprint density at radius 3 is 2.24 bits per heavy atom. The van der Waals surface area contributed by atoms with Crippen molar-refractivity contribution in [2.75, 3.05) is 5.32 Å². The lowest BCUT2D eigenvalue weighted by Crippen LogP contribution is -2.11. The van der Waals surface area contributed by atoms with Crippen LogP contribution in [0.2, 0.25) is 0 Å². The van der Waals surface area contributed by atoms with E-state index >= 15 is 0 Å². The molecule has 1 saturated carbocycles. The van der Waals surface area contributed by atoms with Gasteiger partial charge in [0.05, 0.1) is 11.4 Å². The first-order valence-electron chi connectivity index (χ1n) is 10.0. The van der Waals surface area contributed by atoms with Gasteiger partial charge in [-0.3, -0.25) is 0 Å². The smallest absolute Gasteiger partial charge is 0.151 e. The minimum atomic E-state index is 0.648. The van der Waals surface area contributed by atoms with Gasteiger partial charge in [0.25, 0.3) is 0 Å². The molecule has 1 aliphatic heterocycles. The van der Waals surface area contributed by atoms with E-state index < -0.39 is 0 Å². The topological polar surface area (TPSA) is 21.3 Å². The van der Waals surface area contributed by atoms with Crippen LogP contribution in [0.1, 0.15) is 74.8 Å². The number of rotatable bonds is 1. The second-order valence-electron chi connectivity index (χ2n) is 7.64. The molecule has 4 rings (SSSR count). The highest BCUT2D eigenvalue weighted by Crippen LogP contribution is 2.48. The van der Waals surface area contributed by atoms with Crippen molar-refractivity contribution in [3.05, 3.63) is 47.5 Å². The number of hydrogen-bond acceptors (Lipinski definition) is 2. The molecule has 2 heteroatoms. The molecule has 25 heavy (non-hydrogen) atoms. The van der Waals surface area contributed by atoms with Gasteiger partial charge in [-0.2, -0.15) is 0 Å². The van der Waals surface area contributed by atoms with E-state index in [0.29, 0.717) is 5.92 Å². The first-order chi connectivity index (χ1) is 12.3. The standard InChI is InChI=1S/C23H29NO/c1-17-15-16-21-23(24-19-13-9-10-14-20(19)25-21)22(17)18-11-7-5-3-2-4-6-8-12-18/h9-10,13-16,18,24H,2-8,11-12H2,1H3. The number of hydrogen-bond donors (Lipinski definition) is 1. The molecule has 2 aromatic rings. The van der Waals surface area contributed by atoms with Gasteiger partial charge in [0, 0.05) is 0 Å². The number of ether oxygens (including phenoxy) is 1. The van der Waals surface area contributed by atoms with Gasteiger partial charge >= 0.3 is 0 Å². The fourth-order valence-corrected chi connectivity index (χ4v) is 4.45. The molecule has 1 fully saturated rings. The summed E-state index contributed by atoms with van der Waals surface area (Å²) in [7, 11) is 0. The number of anilines is 2. The van der Waals surface area contributed by atoms with Gasteiger partial charge in [-0.1, -0.05) is 63.1 Å². The van der Waals surface area contributed by atoms with E-state index in [0.717, 1.165) is 17.2 Å². The molecule has 0 atom stereocenters. The third-order valence-corrected chi connectivity index (χ3v) is 5.81. The molecule has 1 aliphatic carbocycles. The highest BCUT2D eigenvalue weighted by atomic mass is 16.5. The fourth-order valence-electron chi connectivity index (χ4n) is 4.45. The van der Waals surface area contributed by atoms with E-state index in [2.05, 4.69) is 36.5 Å². The molecule has 1 N–H and O–H groups in total. The Kier molecular flexibility index (Phi) is 4.96. The number of aryl methyl sites for hydroxylation is 1. The van der Waals surface area contributed by atoms with Gasteiger partial charge < -0.3 is 10.1 Å². The first kappa shape index (κ1) is 16.5. The molecule has 0 radical (unpaired) electrons. The number of fused-ring (bicyclic) bond motifs is 2. The van der Waals surface area contributed by atoms with Gasteiger partial charge in [-0.25, -0.2) is 0 Å². The van der Waals surface area contributed by atoms with E-state index in [1.807, 2.05) is 12.1 Å².